The Labute approximate surface area is 107 Å². The Morgan fingerprint density at radius 1 is 0.529 bits per heavy atom. The highest BCUT2D eigenvalue weighted by Crippen LogP contribution is 2.44. The molecule has 1 aliphatic heterocycles. The fourth-order valence-electron chi connectivity index (χ4n) is 2.17. The van der Waals surface area contributed by atoms with E-state index in [1.807, 2.05) is 0 Å². The second-order valence-electron chi connectivity index (χ2n) is 8.54. The van der Waals surface area contributed by atoms with Gasteiger partial charge in [-0.2, -0.15) is 0 Å². The summed E-state index contributed by atoms with van der Waals surface area (Å²) in [7, 11) is 0. The molecule has 0 bridgehead atoms. The van der Waals surface area contributed by atoms with Gasteiger partial charge in [0.1, 0.15) is 0 Å². The SMILES string of the molecule is CC(C)(C)C1OC(C(C)(C)C)C(C(C)(C)C)O1. The number of hydrogen-bond donors (Lipinski definition) is 0. The molecule has 1 rings (SSSR count). The smallest absolute Gasteiger partial charge is 0.163 e. The Bertz CT molecular complexity index is 240. The highest BCUT2D eigenvalue weighted by Gasteiger charge is 2.50. The van der Waals surface area contributed by atoms with Crippen LogP contribution in [0.15, 0.2) is 0 Å². The predicted molar refractivity (Wildman–Crippen MR) is 71.9 cm³/mol. The first-order chi connectivity index (χ1) is 7.33. The summed E-state index contributed by atoms with van der Waals surface area (Å²) < 4.78 is 12.4. The fraction of sp³-hybridized carbons (Fsp3) is 1.00. The van der Waals surface area contributed by atoms with Gasteiger partial charge in [-0.15, -0.1) is 0 Å². The molecule has 2 unspecified atom stereocenters. The topological polar surface area (TPSA) is 18.5 Å². The van der Waals surface area contributed by atoms with Gasteiger partial charge < -0.3 is 9.47 Å². The minimum atomic E-state index is -0.101. The van der Waals surface area contributed by atoms with Crippen molar-refractivity contribution in [1.29, 1.82) is 0 Å². The summed E-state index contributed by atoms with van der Waals surface area (Å²) in [6.45, 7) is 19.9. The standard InChI is InChI=1S/C15H30O2/c1-13(2,3)10-11(14(4,5)6)17-12(16-10)15(7,8)9/h10-12H,1-9H3. The van der Waals surface area contributed by atoms with Crippen LogP contribution in [0.25, 0.3) is 0 Å². The minimum Gasteiger partial charge on any atom is -0.346 e. The zero-order chi connectivity index (χ0) is 13.6. The summed E-state index contributed by atoms with van der Waals surface area (Å²) in [4.78, 5) is 0. The van der Waals surface area contributed by atoms with Gasteiger partial charge in [0.15, 0.2) is 6.29 Å². The van der Waals surface area contributed by atoms with E-state index in [0.29, 0.717) is 0 Å². The van der Waals surface area contributed by atoms with Crippen LogP contribution in [0, 0.1) is 16.2 Å². The summed E-state index contributed by atoms with van der Waals surface area (Å²) in [6.07, 6.45) is 0.217. The lowest BCUT2D eigenvalue weighted by molar-refractivity contribution is -0.144. The van der Waals surface area contributed by atoms with Crippen molar-refractivity contribution in [2.24, 2.45) is 16.2 Å². The highest BCUT2D eigenvalue weighted by atomic mass is 16.7. The molecule has 2 nitrogen and oxygen atoms in total. The molecule has 102 valence electrons. The second kappa shape index (κ2) is 4.24. The molecule has 0 aromatic carbocycles. The third-order valence-electron chi connectivity index (χ3n) is 3.23. The fourth-order valence-corrected chi connectivity index (χ4v) is 2.17. The maximum absolute atomic E-state index is 6.21. The zero-order valence-electron chi connectivity index (χ0n) is 13.0. The molecule has 1 aliphatic rings. The average Bonchev–Trinajstić information content (AvgIpc) is 2.42. The van der Waals surface area contributed by atoms with E-state index in [9.17, 15) is 0 Å². The first-order valence-corrected chi connectivity index (χ1v) is 6.64. The van der Waals surface area contributed by atoms with Crippen LogP contribution >= 0.6 is 0 Å². The van der Waals surface area contributed by atoms with Gasteiger partial charge in [0.25, 0.3) is 0 Å². The Balaban J connectivity index is 2.96. The van der Waals surface area contributed by atoms with Crippen LogP contribution in [0.4, 0.5) is 0 Å². The first-order valence-electron chi connectivity index (χ1n) is 6.64. The van der Waals surface area contributed by atoms with Crippen molar-refractivity contribution in [2.45, 2.75) is 80.8 Å². The van der Waals surface area contributed by atoms with Gasteiger partial charge in [-0.1, -0.05) is 62.3 Å². The summed E-state index contributed by atoms with van der Waals surface area (Å²) in [5, 5.41) is 0. The molecule has 0 aromatic heterocycles. The van der Waals surface area contributed by atoms with Crippen molar-refractivity contribution in [3.8, 4) is 0 Å². The molecule has 0 saturated carbocycles. The molecule has 0 spiro atoms. The molecule has 0 N–H and O–H groups in total. The van der Waals surface area contributed by atoms with Gasteiger partial charge in [-0.05, 0) is 10.8 Å². The van der Waals surface area contributed by atoms with Crippen LogP contribution in [0.5, 0.6) is 0 Å². The monoisotopic (exact) mass is 242 g/mol. The molecule has 0 aliphatic carbocycles. The molecule has 0 amide bonds. The van der Waals surface area contributed by atoms with E-state index in [4.69, 9.17) is 9.47 Å². The number of hydrogen-bond acceptors (Lipinski definition) is 2. The van der Waals surface area contributed by atoms with Gasteiger partial charge in [0, 0.05) is 5.41 Å². The van der Waals surface area contributed by atoms with Crippen LogP contribution < -0.4 is 0 Å². The molecule has 17 heavy (non-hydrogen) atoms. The normalized spacial score (nSPS) is 31.9. The van der Waals surface area contributed by atoms with E-state index in [1.165, 1.54) is 0 Å². The summed E-state index contributed by atoms with van der Waals surface area (Å²) in [6, 6.07) is 0. The highest BCUT2D eigenvalue weighted by molar-refractivity contribution is 4.94. The van der Waals surface area contributed by atoms with Crippen LogP contribution in [0.1, 0.15) is 62.3 Å². The van der Waals surface area contributed by atoms with Crippen molar-refractivity contribution in [2.75, 3.05) is 0 Å². The van der Waals surface area contributed by atoms with Gasteiger partial charge in [0.05, 0.1) is 12.2 Å². The van der Waals surface area contributed by atoms with E-state index < -0.39 is 0 Å². The number of ether oxygens (including phenoxy) is 2. The summed E-state index contributed by atoms with van der Waals surface area (Å²) in [5.74, 6) is 0. The Morgan fingerprint density at radius 2 is 0.824 bits per heavy atom. The van der Waals surface area contributed by atoms with Crippen LogP contribution in [-0.4, -0.2) is 18.5 Å². The average molecular weight is 242 g/mol. The molecule has 2 heteroatoms. The third kappa shape index (κ3) is 3.45. The maximum Gasteiger partial charge on any atom is 0.163 e. The first kappa shape index (κ1) is 15.0. The molecular formula is C15H30O2. The van der Waals surface area contributed by atoms with Crippen LogP contribution in [0.3, 0.4) is 0 Å². The van der Waals surface area contributed by atoms with E-state index in [2.05, 4.69) is 62.3 Å². The molecule has 0 aromatic rings. The largest absolute Gasteiger partial charge is 0.346 e. The lowest BCUT2D eigenvalue weighted by Gasteiger charge is -2.36. The Hall–Kier alpha value is -0.0800. The maximum atomic E-state index is 6.21. The van der Waals surface area contributed by atoms with Gasteiger partial charge in [-0.3, -0.25) is 0 Å². The van der Waals surface area contributed by atoms with Crippen molar-refractivity contribution in [1.82, 2.24) is 0 Å². The summed E-state index contributed by atoms with van der Waals surface area (Å²) >= 11 is 0. The molecule has 0 radical (unpaired) electrons. The van der Waals surface area contributed by atoms with Crippen LogP contribution in [-0.2, 0) is 9.47 Å². The van der Waals surface area contributed by atoms with Crippen molar-refractivity contribution < 1.29 is 9.47 Å². The predicted octanol–water partition coefficient (Wildman–Crippen LogP) is 4.23. The minimum absolute atomic E-state index is 0.0312. The lowest BCUT2D eigenvalue weighted by Crippen LogP contribution is -2.42. The molecule has 1 fully saturated rings. The van der Waals surface area contributed by atoms with Crippen molar-refractivity contribution in [3.63, 3.8) is 0 Å². The third-order valence-corrected chi connectivity index (χ3v) is 3.23. The van der Waals surface area contributed by atoms with E-state index in [-0.39, 0.29) is 34.7 Å². The summed E-state index contributed by atoms with van der Waals surface area (Å²) in [5.41, 5.74) is 0.249. The Kier molecular flexibility index (Phi) is 3.73. The molecule has 2 atom stereocenters. The van der Waals surface area contributed by atoms with Crippen molar-refractivity contribution >= 4 is 0 Å². The quantitative estimate of drug-likeness (QED) is 0.632. The van der Waals surface area contributed by atoms with E-state index in [0.717, 1.165) is 0 Å². The van der Waals surface area contributed by atoms with Crippen molar-refractivity contribution in [3.05, 3.63) is 0 Å². The molecular weight excluding hydrogens is 212 g/mol. The second-order valence-corrected chi connectivity index (χ2v) is 8.54. The van der Waals surface area contributed by atoms with Gasteiger partial charge in [0.2, 0.25) is 0 Å². The zero-order valence-corrected chi connectivity index (χ0v) is 13.0. The number of rotatable bonds is 0. The van der Waals surface area contributed by atoms with Gasteiger partial charge >= 0.3 is 0 Å². The van der Waals surface area contributed by atoms with Gasteiger partial charge in [-0.25, -0.2) is 0 Å². The van der Waals surface area contributed by atoms with Crippen LogP contribution in [0.2, 0.25) is 0 Å². The Morgan fingerprint density at radius 3 is 1.00 bits per heavy atom. The van der Waals surface area contributed by atoms with E-state index in [1.54, 1.807) is 0 Å². The lowest BCUT2D eigenvalue weighted by atomic mass is 9.76. The molecule has 1 saturated heterocycles. The van der Waals surface area contributed by atoms with E-state index >= 15 is 0 Å². The molecule has 1 heterocycles.